The van der Waals surface area contributed by atoms with Gasteiger partial charge in [-0.05, 0) is 37.5 Å². The summed E-state index contributed by atoms with van der Waals surface area (Å²) in [6, 6.07) is 5.95. The van der Waals surface area contributed by atoms with Crippen LogP contribution in [0.15, 0.2) is 30.5 Å². The lowest BCUT2D eigenvalue weighted by molar-refractivity contribution is -0.113. The van der Waals surface area contributed by atoms with Crippen molar-refractivity contribution in [1.29, 1.82) is 0 Å². The molecule has 0 saturated heterocycles. The highest BCUT2D eigenvalue weighted by molar-refractivity contribution is 5.95. The molecule has 1 aromatic heterocycles. The number of aromatic nitrogens is 1. The molecular weight excluding hydrogens is 238 g/mol. The van der Waals surface area contributed by atoms with Crippen LogP contribution in [0.4, 0.5) is 0 Å². The smallest absolute Gasteiger partial charge is 0.241 e. The minimum atomic E-state index is -0.452. The van der Waals surface area contributed by atoms with Crippen LogP contribution in [0.5, 0.6) is 0 Å². The van der Waals surface area contributed by atoms with Crippen molar-refractivity contribution in [2.75, 3.05) is 0 Å². The van der Waals surface area contributed by atoms with Gasteiger partial charge in [0.15, 0.2) is 0 Å². The number of nitrogens with two attached hydrogens (primary N) is 2. The zero-order chi connectivity index (χ0) is 14.0. The first kappa shape index (κ1) is 13.4. The first-order valence-corrected chi connectivity index (χ1v) is 6.22. The van der Waals surface area contributed by atoms with Crippen molar-refractivity contribution in [3.05, 3.63) is 41.6 Å². The molecule has 0 fully saturated rings. The monoisotopic (exact) mass is 257 g/mol. The maximum Gasteiger partial charge on any atom is 0.241 e. The van der Waals surface area contributed by atoms with Crippen LogP contribution in [0, 0.1) is 0 Å². The highest BCUT2D eigenvalue weighted by atomic mass is 16.1. The van der Waals surface area contributed by atoms with Crippen molar-refractivity contribution in [3.8, 4) is 0 Å². The van der Waals surface area contributed by atoms with Crippen LogP contribution in [0.25, 0.3) is 17.0 Å². The zero-order valence-electron chi connectivity index (χ0n) is 11.2. The summed E-state index contributed by atoms with van der Waals surface area (Å²) < 4.78 is 0. The number of hydrogen-bond acceptors (Lipinski definition) is 2. The summed E-state index contributed by atoms with van der Waals surface area (Å²) in [7, 11) is 0. The SMILES string of the molecule is CC(C)(N)Cc1c[nH]c2c(C=CC(N)=O)cccc12. The summed E-state index contributed by atoms with van der Waals surface area (Å²) in [5.74, 6) is -0.452. The second kappa shape index (κ2) is 4.90. The minimum Gasteiger partial charge on any atom is -0.366 e. The molecule has 0 spiro atoms. The molecule has 1 amide bonds. The maximum absolute atomic E-state index is 10.8. The third-order valence-corrected chi connectivity index (χ3v) is 2.91. The predicted octanol–water partition coefficient (Wildman–Crippen LogP) is 1.95. The number of carbonyl (C=O) groups is 1. The van der Waals surface area contributed by atoms with Gasteiger partial charge in [-0.2, -0.15) is 0 Å². The van der Waals surface area contributed by atoms with Gasteiger partial charge in [0.05, 0.1) is 5.52 Å². The largest absolute Gasteiger partial charge is 0.366 e. The van der Waals surface area contributed by atoms with Gasteiger partial charge in [-0.1, -0.05) is 18.2 Å². The summed E-state index contributed by atoms with van der Waals surface area (Å²) in [6.07, 6.45) is 5.84. The molecule has 5 N–H and O–H groups in total. The summed E-state index contributed by atoms with van der Waals surface area (Å²) in [5.41, 5.74) is 14.0. The van der Waals surface area contributed by atoms with Gasteiger partial charge in [0, 0.05) is 23.2 Å². The molecule has 0 atom stereocenters. The summed E-state index contributed by atoms with van der Waals surface area (Å²) >= 11 is 0. The molecule has 2 aromatic rings. The molecule has 0 aliphatic carbocycles. The molecule has 0 aliphatic rings. The van der Waals surface area contributed by atoms with Crippen LogP contribution in [0.2, 0.25) is 0 Å². The number of carbonyl (C=O) groups excluding carboxylic acids is 1. The molecule has 1 aromatic carbocycles. The van der Waals surface area contributed by atoms with Gasteiger partial charge in [-0.25, -0.2) is 0 Å². The second-order valence-corrected chi connectivity index (χ2v) is 5.48. The zero-order valence-corrected chi connectivity index (χ0v) is 11.2. The molecule has 1 heterocycles. The molecule has 0 radical (unpaired) electrons. The summed E-state index contributed by atoms with van der Waals surface area (Å²) in [5, 5.41) is 1.13. The molecule has 0 aliphatic heterocycles. The predicted molar refractivity (Wildman–Crippen MR) is 78.5 cm³/mol. The van der Waals surface area contributed by atoms with E-state index in [0.29, 0.717) is 0 Å². The summed E-state index contributed by atoms with van der Waals surface area (Å²) in [6.45, 7) is 4.01. The van der Waals surface area contributed by atoms with Crippen molar-refractivity contribution in [2.45, 2.75) is 25.8 Å². The van der Waals surface area contributed by atoms with Crippen LogP contribution in [0.1, 0.15) is 25.0 Å². The second-order valence-electron chi connectivity index (χ2n) is 5.48. The minimum absolute atomic E-state index is 0.256. The first-order valence-electron chi connectivity index (χ1n) is 6.22. The number of nitrogens with one attached hydrogen (secondary N) is 1. The molecule has 4 heteroatoms. The maximum atomic E-state index is 10.8. The van der Waals surface area contributed by atoms with E-state index in [9.17, 15) is 4.79 Å². The Kier molecular flexibility index (Phi) is 3.44. The van der Waals surface area contributed by atoms with Crippen molar-refractivity contribution in [2.24, 2.45) is 11.5 Å². The first-order chi connectivity index (χ1) is 8.87. The highest BCUT2D eigenvalue weighted by Gasteiger charge is 2.15. The number of benzene rings is 1. The van der Waals surface area contributed by atoms with E-state index in [1.54, 1.807) is 6.08 Å². The van der Waals surface area contributed by atoms with E-state index < -0.39 is 5.91 Å². The van der Waals surface area contributed by atoms with Crippen LogP contribution >= 0.6 is 0 Å². The molecule has 19 heavy (non-hydrogen) atoms. The van der Waals surface area contributed by atoms with Crippen molar-refractivity contribution in [3.63, 3.8) is 0 Å². The molecular formula is C15H19N3O. The van der Waals surface area contributed by atoms with Crippen LogP contribution in [0.3, 0.4) is 0 Å². The number of rotatable bonds is 4. The van der Waals surface area contributed by atoms with Crippen LogP contribution in [-0.2, 0) is 11.2 Å². The van der Waals surface area contributed by atoms with Gasteiger partial charge in [-0.15, -0.1) is 0 Å². The third kappa shape index (κ3) is 3.23. The van der Waals surface area contributed by atoms with Crippen molar-refractivity contribution >= 4 is 22.9 Å². The lowest BCUT2D eigenvalue weighted by Gasteiger charge is -2.17. The van der Waals surface area contributed by atoms with E-state index in [1.165, 1.54) is 11.6 Å². The van der Waals surface area contributed by atoms with E-state index in [2.05, 4.69) is 11.1 Å². The fourth-order valence-electron chi connectivity index (χ4n) is 2.18. The van der Waals surface area contributed by atoms with E-state index >= 15 is 0 Å². The molecule has 0 unspecified atom stereocenters. The van der Waals surface area contributed by atoms with Gasteiger partial charge in [0.1, 0.15) is 0 Å². The highest BCUT2D eigenvalue weighted by Crippen LogP contribution is 2.25. The average molecular weight is 257 g/mol. The lowest BCUT2D eigenvalue weighted by atomic mass is 9.95. The van der Waals surface area contributed by atoms with E-state index in [-0.39, 0.29) is 5.54 Å². The third-order valence-electron chi connectivity index (χ3n) is 2.91. The van der Waals surface area contributed by atoms with Crippen LogP contribution < -0.4 is 11.5 Å². The standard InChI is InChI=1S/C15H19N3O/c1-15(2,17)8-11-9-18-14-10(6-7-13(16)19)4-3-5-12(11)14/h3-7,9,18H,8,17H2,1-2H3,(H2,16,19). The quantitative estimate of drug-likeness (QED) is 0.731. The molecule has 0 bridgehead atoms. The normalized spacial score (nSPS) is 12.4. The average Bonchev–Trinajstić information content (AvgIpc) is 2.68. The Labute approximate surface area is 112 Å². The van der Waals surface area contributed by atoms with Gasteiger partial charge >= 0.3 is 0 Å². The molecule has 4 nitrogen and oxygen atoms in total. The topological polar surface area (TPSA) is 84.9 Å². The number of hydrogen-bond donors (Lipinski definition) is 3. The number of primary amides is 1. The van der Waals surface area contributed by atoms with Gasteiger partial charge in [0.25, 0.3) is 0 Å². The fourth-order valence-corrected chi connectivity index (χ4v) is 2.18. The Bertz CT molecular complexity index is 632. The van der Waals surface area contributed by atoms with E-state index in [0.717, 1.165) is 22.9 Å². The lowest BCUT2D eigenvalue weighted by Crippen LogP contribution is -2.34. The number of aromatic amines is 1. The Hall–Kier alpha value is -2.07. The van der Waals surface area contributed by atoms with E-state index in [4.69, 9.17) is 11.5 Å². The summed E-state index contributed by atoms with van der Waals surface area (Å²) in [4.78, 5) is 14.1. The Morgan fingerprint density at radius 3 is 2.79 bits per heavy atom. The van der Waals surface area contributed by atoms with Crippen molar-refractivity contribution in [1.82, 2.24) is 4.98 Å². The van der Waals surface area contributed by atoms with Crippen LogP contribution in [-0.4, -0.2) is 16.4 Å². The number of amides is 1. The molecule has 0 saturated carbocycles. The molecule has 100 valence electrons. The molecule has 2 rings (SSSR count). The van der Waals surface area contributed by atoms with Gasteiger partial charge in [-0.3, -0.25) is 4.79 Å². The van der Waals surface area contributed by atoms with Gasteiger partial charge < -0.3 is 16.5 Å². The van der Waals surface area contributed by atoms with Gasteiger partial charge in [0.2, 0.25) is 5.91 Å². The van der Waals surface area contributed by atoms with E-state index in [1.807, 2.05) is 32.2 Å². The number of para-hydroxylation sites is 1. The Balaban J connectivity index is 2.45. The number of H-pyrrole nitrogens is 1. The number of fused-ring (bicyclic) bond motifs is 1. The van der Waals surface area contributed by atoms with Crippen molar-refractivity contribution < 1.29 is 4.79 Å². The Morgan fingerprint density at radius 1 is 1.42 bits per heavy atom. The Morgan fingerprint density at radius 2 is 2.16 bits per heavy atom. The fraction of sp³-hybridized carbons (Fsp3) is 0.267.